The summed E-state index contributed by atoms with van der Waals surface area (Å²) in [4.78, 5) is 18.5. The predicted molar refractivity (Wildman–Crippen MR) is 111 cm³/mol. The fourth-order valence-corrected chi connectivity index (χ4v) is 4.66. The van der Waals surface area contributed by atoms with E-state index in [1.165, 1.54) is 35.2 Å². The Kier molecular flexibility index (Phi) is 5.65. The van der Waals surface area contributed by atoms with Crippen LogP contribution in [0.1, 0.15) is 12.5 Å². The first kappa shape index (κ1) is 19.0. The molecule has 0 radical (unpaired) electrons. The van der Waals surface area contributed by atoms with Gasteiger partial charge in [-0.15, -0.1) is 11.8 Å². The van der Waals surface area contributed by atoms with Crippen LogP contribution in [-0.4, -0.2) is 33.6 Å². The highest BCUT2D eigenvalue weighted by Crippen LogP contribution is 2.28. The summed E-state index contributed by atoms with van der Waals surface area (Å²) < 4.78 is 19.7. The Morgan fingerprint density at radius 2 is 2.11 bits per heavy atom. The van der Waals surface area contributed by atoms with E-state index >= 15 is 0 Å². The number of ether oxygens (including phenoxy) is 1. The summed E-state index contributed by atoms with van der Waals surface area (Å²) in [7, 11) is 0. The Bertz CT molecular complexity index is 980. The monoisotopic (exact) mass is 418 g/mol. The van der Waals surface area contributed by atoms with Crippen LogP contribution in [0.15, 0.2) is 42.5 Å². The van der Waals surface area contributed by atoms with Crippen molar-refractivity contribution in [3.63, 3.8) is 0 Å². The largest absolute Gasteiger partial charge is 0.494 e. The first-order valence-electron chi connectivity index (χ1n) is 8.83. The number of thioether (sulfide) groups is 1. The molecule has 2 heterocycles. The highest BCUT2D eigenvalue weighted by molar-refractivity contribution is 8.00. The van der Waals surface area contributed by atoms with Crippen LogP contribution >= 0.6 is 23.1 Å². The lowest BCUT2D eigenvalue weighted by atomic mass is 10.2. The van der Waals surface area contributed by atoms with Crippen molar-refractivity contribution < 1.29 is 13.9 Å². The lowest BCUT2D eigenvalue weighted by molar-refractivity contribution is -0.128. The van der Waals surface area contributed by atoms with Gasteiger partial charge in [-0.25, -0.2) is 14.8 Å². The summed E-state index contributed by atoms with van der Waals surface area (Å²) in [5.74, 6) is 0.999. The summed E-state index contributed by atoms with van der Waals surface area (Å²) in [6, 6.07) is 12.3. The Morgan fingerprint density at radius 1 is 1.29 bits per heavy atom. The number of carbonyl (C=O) groups is 1. The normalized spacial score (nSPS) is 16.7. The van der Waals surface area contributed by atoms with E-state index < -0.39 is 0 Å². The second kappa shape index (κ2) is 8.34. The molecule has 2 aromatic carbocycles. The van der Waals surface area contributed by atoms with Crippen LogP contribution in [-0.2, 0) is 11.3 Å². The van der Waals surface area contributed by atoms with Crippen LogP contribution in [0, 0.1) is 5.82 Å². The summed E-state index contributed by atoms with van der Waals surface area (Å²) in [6.07, 6.45) is 0. The number of anilines is 1. The van der Waals surface area contributed by atoms with E-state index in [0.717, 1.165) is 16.0 Å². The van der Waals surface area contributed by atoms with Gasteiger partial charge in [0.2, 0.25) is 5.91 Å². The number of hydrogen-bond donors (Lipinski definition) is 2. The minimum Gasteiger partial charge on any atom is -0.494 e. The molecule has 1 amide bonds. The first-order valence-corrected chi connectivity index (χ1v) is 10.7. The zero-order valence-corrected chi connectivity index (χ0v) is 16.8. The van der Waals surface area contributed by atoms with E-state index in [9.17, 15) is 9.18 Å². The van der Waals surface area contributed by atoms with Gasteiger partial charge in [0.15, 0.2) is 5.13 Å². The number of thiazole rings is 1. The van der Waals surface area contributed by atoms with Gasteiger partial charge in [0.05, 0.1) is 22.6 Å². The highest BCUT2D eigenvalue weighted by atomic mass is 32.2. The maximum Gasteiger partial charge on any atom is 0.234 e. The molecule has 1 unspecified atom stereocenters. The topological polar surface area (TPSA) is 66.5 Å². The molecular weight excluding hydrogens is 399 g/mol. The molecule has 1 saturated heterocycles. The summed E-state index contributed by atoms with van der Waals surface area (Å²) in [6.45, 7) is 3.07. The molecule has 1 aromatic heterocycles. The molecule has 1 fully saturated rings. The molecule has 2 N–H and O–H groups in total. The van der Waals surface area contributed by atoms with Crippen molar-refractivity contribution >= 4 is 44.4 Å². The minimum absolute atomic E-state index is 0.0737. The van der Waals surface area contributed by atoms with Gasteiger partial charge < -0.3 is 9.64 Å². The average molecular weight is 419 g/mol. The second-order valence-electron chi connectivity index (χ2n) is 6.16. The van der Waals surface area contributed by atoms with E-state index in [1.807, 2.05) is 31.2 Å². The zero-order valence-electron chi connectivity index (χ0n) is 15.1. The third kappa shape index (κ3) is 4.21. The van der Waals surface area contributed by atoms with Crippen molar-refractivity contribution in [3.8, 4) is 5.75 Å². The number of hydrogen-bond acceptors (Lipinski definition) is 7. The molecule has 146 valence electrons. The van der Waals surface area contributed by atoms with Crippen LogP contribution in [0.2, 0.25) is 0 Å². The molecule has 6 nitrogen and oxygen atoms in total. The third-order valence-corrected chi connectivity index (χ3v) is 6.26. The van der Waals surface area contributed by atoms with Gasteiger partial charge in [0.1, 0.15) is 17.1 Å². The summed E-state index contributed by atoms with van der Waals surface area (Å²) in [5, 5.41) is 0.626. The number of rotatable bonds is 7. The van der Waals surface area contributed by atoms with E-state index in [2.05, 4.69) is 15.8 Å². The maximum absolute atomic E-state index is 13.3. The smallest absolute Gasteiger partial charge is 0.234 e. The number of benzene rings is 2. The number of amides is 1. The Balaban J connectivity index is 1.40. The van der Waals surface area contributed by atoms with E-state index in [4.69, 9.17) is 4.74 Å². The van der Waals surface area contributed by atoms with Crippen LogP contribution in [0.5, 0.6) is 5.75 Å². The lowest BCUT2D eigenvalue weighted by Gasteiger charge is -2.25. The van der Waals surface area contributed by atoms with Crippen LogP contribution in [0.25, 0.3) is 10.2 Å². The second-order valence-corrected chi connectivity index (χ2v) is 8.26. The molecule has 0 spiro atoms. The van der Waals surface area contributed by atoms with E-state index in [0.29, 0.717) is 29.6 Å². The molecule has 1 aliphatic heterocycles. The molecule has 9 heteroatoms. The molecule has 4 rings (SSSR count). The van der Waals surface area contributed by atoms with E-state index in [-0.39, 0.29) is 17.2 Å². The van der Waals surface area contributed by atoms with Crippen molar-refractivity contribution in [2.75, 3.05) is 17.8 Å². The Labute approximate surface area is 170 Å². The van der Waals surface area contributed by atoms with Crippen molar-refractivity contribution in [1.29, 1.82) is 0 Å². The molecular formula is C19H19FN4O2S2. The van der Waals surface area contributed by atoms with Crippen LogP contribution in [0.3, 0.4) is 0 Å². The van der Waals surface area contributed by atoms with Crippen molar-refractivity contribution in [1.82, 2.24) is 15.3 Å². The first-order chi connectivity index (χ1) is 13.6. The molecule has 3 aromatic rings. The number of aromatic nitrogens is 1. The van der Waals surface area contributed by atoms with Gasteiger partial charge >= 0.3 is 0 Å². The molecule has 1 aliphatic rings. The molecule has 0 aliphatic carbocycles. The number of carbonyl (C=O) groups excluding carboxylic acids is 1. The zero-order chi connectivity index (χ0) is 19.5. The van der Waals surface area contributed by atoms with Crippen molar-refractivity contribution in [3.05, 3.63) is 53.8 Å². The number of halogens is 1. The quantitative estimate of drug-likeness (QED) is 0.569. The number of nitrogens with zero attached hydrogens (tertiary/aromatic N) is 2. The Morgan fingerprint density at radius 3 is 2.89 bits per heavy atom. The van der Waals surface area contributed by atoms with Crippen LogP contribution < -0.4 is 15.6 Å². The molecule has 28 heavy (non-hydrogen) atoms. The number of nitrogens with one attached hydrogen (secondary N) is 2. The van der Waals surface area contributed by atoms with Crippen molar-refractivity contribution in [2.45, 2.75) is 19.0 Å². The highest BCUT2D eigenvalue weighted by Gasteiger charge is 2.31. The maximum atomic E-state index is 13.3. The van der Waals surface area contributed by atoms with Gasteiger partial charge in [0, 0.05) is 12.6 Å². The minimum atomic E-state index is -0.309. The molecule has 0 bridgehead atoms. The number of hydrazine groups is 1. The Hall–Kier alpha value is -2.36. The van der Waals surface area contributed by atoms with Gasteiger partial charge in [0.25, 0.3) is 0 Å². The lowest BCUT2D eigenvalue weighted by Crippen LogP contribution is -2.43. The van der Waals surface area contributed by atoms with Crippen molar-refractivity contribution in [2.24, 2.45) is 0 Å². The summed E-state index contributed by atoms with van der Waals surface area (Å²) in [5.41, 5.74) is 7.63. The van der Waals surface area contributed by atoms with Gasteiger partial charge in [-0.3, -0.25) is 10.2 Å². The number of fused-ring (bicyclic) bond motifs is 1. The fraction of sp³-hybridized carbons (Fsp3) is 0.263. The van der Waals surface area contributed by atoms with Gasteiger partial charge in [-0.1, -0.05) is 23.5 Å². The van der Waals surface area contributed by atoms with Gasteiger partial charge in [-0.05, 0) is 36.8 Å². The van der Waals surface area contributed by atoms with E-state index in [1.54, 1.807) is 11.0 Å². The molecule has 0 saturated carbocycles. The van der Waals surface area contributed by atoms with Crippen LogP contribution in [0.4, 0.5) is 9.52 Å². The predicted octanol–water partition coefficient (Wildman–Crippen LogP) is 3.81. The average Bonchev–Trinajstić information content (AvgIpc) is 3.25. The third-order valence-electron chi connectivity index (χ3n) is 4.21. The van der Waals surface area contributed by atoms with Gasteiger partial charge in [-0.2, -0.15) is 0 Å². The standard InChI is InChI=1S/C19H19FN4O2S2/c1-2-26-14-6-3-12(4-7-14)10-24-17(25)11-27-19(24)23-22-18-21-15-9-13(20)5-8-16(15)28-18/h3-9,19,23H,2,10-11H2,1H3,(H,21,22). The summed E-state index contributed by atoms with van der Waals surface area (Å²) >= 11 is 2.94. The fourth-order valence-electron chi connectivity index (χ4n) is 2.88. The SMILES string of the molecule is CCOc1ccc(CN2C(=O)CSC2NNc2nc3cc(F)ccc3s2)cc1. The molecule has 1 atom stereocenters.